The number of aromatic amines is 1. The number of hydrogen-bond acceptors (Lipinski definition) is 3. The van der Waals surface area contributed by atoms with Gasteiger partial charge in [-0.2, -0.15) is 0 Å². The summed E-state index contributed by atoms with van der Waals surface area (Å²) in [5.41, 5.74) is 7.01. The Hall–Kier alpha value is -3.01. The van der Waals surface area contributed by atoms with Crippen molar-refractivity contribution in [3.63, 3.8) is 0 Å². The first-order chi connectivity index (χ1) is 13.5. The average Bonchev–Trinajstić information content (AvgIpc) is 3.38. The Morgan fingerprint density at radius 3 is 1.86 bits per heavy atom. The van der Waals surface area contributed by atoms with Crippen molar-refractivity contribution in [3.05, 3.63) is 72.3 Å². The van der Waals surface area contributed by atoms with Crippen molar-refractivity contribution in [3.8, 4) is 22.4 Å². The molecule has 2 aromatic carbocycles. The molecule has 0 fully saturated rings. The topological polar surface area (TPSA) is 52.7 Å². The Morgan fingerprint density at radius 2 is 1.36 bits per heavy atom. The molecule has 1 unspecified atom stereocenters. The van der Waals surface area contributed by atoms with E-state index in [1.54, 1.807) is 0 Å². The van der Waals surface area contributed by atoms with E-state index in [2.05, 4.69) is 103 Å². The largest absolute Gasteiger partial charge is 0.369 e. The molecular weight excluding hydrogens is 344 g/mol. The minimum absolute atomic E-state index is 0.306. The first-order valence-electron chi connectivity index (χ1n) is 10.00. The smallest absolute Gasteiger partial charge is 0.109 e. The standard InChI is InChI=1S/C24H28N4/c1-15(2)23-25-13-21(27-23)19-9-5-17(6-10-19)18-7-11-20(12-8-18)22-14-26-24(28-22)16(3)4/h5-16,23,25,27H,1-4H3,(H,26,28). The molecule has 28 heavy (non-hydrogen) atoms. The van der Waals surface area contributed by atoms with Crippen LogP contribution < -0.4 is 10.6 Å². The number of nitrogens with zero attached hydrogens (tertiary/aromatic N) is 1. The molecule has 4 nitrogen and oxygen atoms in total. The lowest BCUT2D eigenvalue weighted by atomic mass is 10.0. The van der Waals surface area contributed by atoms with E-state index in [9.17, 15) is 0 Å². The second kappa shape index (κ2) is 7.55. The van der Waals surface area contributed by atoms with Gasteiger partial charge in [-0.15, -0.1) is 0 Å². The molecule has 3 aromatic rings. The van der Waals surface area contributed by atoms with E-state index in [-0.39, 0.29) is 0 Å². The maximum Gasteiger partial charge on any atom is 0.109 e. The average molecular weight is 373 g/mol. The molecule has 2 heterocycles. The van der Waals surface area contributed by atoms with E-state index in [1.165, 1.54) is 16.7 Å². The van der Waals surface area contributed by atoms with Crippen LogP contribution in [0, 0.1) is 5.92 Å². The second-order valence-corrected chi connectivity index (χ2v) is 8.08. The van der Waals surface area contributed by atoms with Gasteiger partial charge in [-0.1, -0.05) is 76.2 Å². The van der Waals surface area contributed by atoms with Crippen LogP contribution in [0.3, 0.4) is 0 Å². The van der Waals surface area contributed by atoms with Gasteiger partial charge in [-0.05, 0) is 28.2 Å². The zero-order chi connectivity index (χ0) is 19.7. The van der Waals surface area contributed by atoms with Crippen molar-refractivity contribution in [1.82, 2.24) is 20.6 Å². The molecule has 4 rings (SSSR count). The van der Waals surface area contributed by atoms with Gasteiger partial charge in [0.1, 0.15) is 5.82 Å². The summed E-state index contributed by atoms with van der Waals surface area (Å²) in [4.78, 5) is 7.87. The number of nitrogens with one attached hydrogen (secondary N) is 3. The summed E-state index contributed by atoms with van der Waals surface area (Å²) in [5, 5.41) is 6.94. The van der Waals surface area contributed by atoms with Crippen LogP contribution in [0.2, 0.25) is 0 Å². The molecule has 1 aliphatic rings. The van der Waals surface area contributed by atoms with Gasteiger partial charge >= 0.3 is 0 Å². The Labute approximate surface area is 167 Å². The number of imidazole rings is 1. The van der Waals surface area contributed by atoms with Gasteiger partial charge in [0.05, 0.1) is 23.8 Å². The van der Waals surface area contributed by atoms with Crippen molar-refractivity contribution < 1.29 is 0 Å². The Morgan fingerprint density at radius 1 is 0.786 bits per heavy atom. The number of benzene rings is 2. The van der Waals surface area contributed by atoms with E-state index in [0.29, 0.717) is 18.0 Å². The predicted molar refractivity (Wildman–Crippen MR) is 116 cm³/mol. The molecule has 0 bridgehead atoms. The van der Waals surface area contributed by atoms with Crippen LogP contribution in [0.5, 0.6) is 0 Å². The van der Waals surface area contributed by atoms with Crippen LogP contribution in [0.25, 0.3) is 28.1 Å². The van der Waals surface area contributed by atoms with Crippen molar-refractivity contribution in [2.24, 2.45) is 5.92 Å². The molecule has 0 aliphatic carbocycles. The number of H-pyrrole nitrogens is 1. The van der Waals surface area contributed by atoms with E-state index < -0.39 is 0 Å². The lowest BCUT2D eigenvalue weighted by Crippen LogP contribution is -2.36. The highest BCUT2D eigenvalue weighted by Gasteiger charge is 2.18. The van der Waals surface area contributed by atoms with Crippen LogP contribution in [0.4, 0.5) is 0 Å². The molecule has 3 N–H and O–H groups in total. The fourth-order valence-electron chi connectivity index (χ4n) is 3.41. The zero-order valence-electron chi connectivity index (χ0n) is 17.0. The van der Waals surface area contributed by atoms with Crippen LogP contribution in [0.1, 0.15) is 45.0 Å². The van der Waals surface area contributed by atoms with Gasteiger partial charge < -0.3 is 15.6 Å². The van der Waals surface area contributed by atoms with Crippen molar-refractivity contribution in [2.75, 3.05) is 0 Å². The van der Waals surface area contributed by atoms with E-state index in [1.807, 2.05) is 6.20 Å². The molecule has 0 saturated heterocycles. The highest BCUT2D eigenvalue weighted by atomic mass is 15.2. The zero-order valence-corrected chi connectivity index (χ0v) is 17.0. The van der Waals surface area contributed by atoms with E-state index >= 15 is 0 Å². The number of rotatable bonds is 5. The monoisotopic (exact) mass is 372 g/mol. The summed E-state index contributed by atoms with van der Waals surface area (Å²) in [6.07, 6.45) is 4.30. The van der Waals surface area contributed by atoms with E-state index in [4.69, 9.17) is 0 Å². The first kappa shape index (κ1) is 18.4. The summed E-state index contributed by atoms with van der Waals surface area (Å²) in [6.45, 7) is 8.71. The highest BCUT2D eigenvalue weighted by molar-refractivity contribution is 5.72. The third-order valence-corrected chi connectivity index (χ3v) is 5.25. The molecule has 1 aromatic heterocycles. The van der Waals surface area contributed by atoms with Crippen LogP contribution in [-0.4, -0.2) is 16.1 Å². The summed E-state index contributed by atoms with van der Waals surface area (Å²) < 4.78 is 0. The van der Waals surface area contributed by atoms with Gasteiger partial charge in [0, 0.05) is 12.1 Å². The van der Waals surface area contributed by atoms with Crippen LogP contribution >= 0.6 is 0 Å². The van der Waals surface area contributed by atoms with Crippen molar-refractivity contribution in [1.29, 1.82) is 0 Å². The summed E-state index contributed by atoms with van der Waals surface area (Å²) in [7, 11) is 0. The Bertz CT molecular complexity index is 963. The van der Waals surface area contributed by atoms with Crippen LogP contribution in [0.15, 0.2) is 60.9 Å². The number of hydrogen-bond donors (Lipinski definition) is 3. The van der Waals surface area contributed by atoms with Gasteiger partial charge in [-0.3, -0.25) is 0 Å². The Balaban J connectivity index is 1.49. The lowest BCUT2D eigenvalue weighted by molar-refractivity contribution is 0.430. The minimum atomic E-state index is 0.306. The van der Waals surface area contributed by atoms with Crippen molar-refractivity contribution >= 4 is 5.70 Å². The maximum absolute atomic E-state index is 4.46. The molecule has 144 valence electrons. The SMILES string of the molecule is CC(C)c1ncc(-c2ccc(-c3ccc(C4=CNC(C(C)C)N4)cc3)cc2)[nH]1. The summed E-state index contributed by atoms with van der Waals surface area (Å²) in [5.74, 6) is 1.97. The molecule has 0 amide bonds. The quantitative estimate of drug-likeness (QED) is 0.566. The lowest BCUT2D eigenvalue weighted by Gasteiger charge is -2.17. The van der Waals surface area contributed by atoms with Crippen molar-refractivity contribution in [2.45, 2.75) is 39.8 Å². The van der Waals surface area contributed by atoms with Gasteiger partial charge in [0.2, 0.25) is 0 Å². The normalized spacial score (nSPS) is 16.2. The minimum Gasteiger partial charge on any atom is -0.369 e. The fraction of sp³-hybridized carbons (Fsp3) is 0.292. The fourth-order valence-corrected chi connectivity index (χ4v) is 3.41. The Kier molecular flexibility index (Phi) is 4.95. The molecule has 0 radical (unpaired) electrons. The molecule has 1 atom stereocenters. The summed E-state index contributed by atoms with van der Waals surface area (Å²) in [6, 6.07) is 17.4. The molecule has 0 spiro atoms. The van der Waals surface area contributed by atoms with Crippen LogP contribution in [-0.2, 0) is 0 Å². The summed E-state index contributed by atoms with van der Waals surface area (Å²) >= 11 is 0. The van der Waals surface area contributed by atoms with Gasteiger partial charge in [0.15, 0.2) is 0 Å². The van der Waals surface area contributed by atoms with E-state index in [0.717, 1.165) is 22.8 Å². The molecular formula is C24H28N4. The first-order valence-corrected chi connectivity index (χ1v) is 10.00. The molecule has 4 heteroatoms. The molecule has 0 saturated carbocycles. The number of aromatic nitrogens is 2. The van der Waals surface area contributed by atoms with Gasteiger partial charge in [-0.25, -0.2) is 4.98 Å². The third-order valence-electron chi connectivity index (χ3n) is 5.25. The molecule has 1 aliphatic heterocycles. The maximum atomic E-state index is 4.46. The third kappa shape index (κ3) is 3.68. The predicted octanol–water partition coefficient (Wildman–Crippen LogP) is 5.34. The second-order valence-electron chi connectivity index (χ2n) is 8.08. The highest BCUT2D eigenvalue weighted by Crippen LogP contribution is 2.26. The van der Waals surface area contributed by atoms with Gasteiger partial charge in [0.25, 0.3) is 0 Å².